The number of nitrogens with one attached hydrogen (secondary N) is 2. The highest BCUT2D eigenvalue weighted by Gasteiger charge is 2.07. The lowest BCUT2D eigenvalue weighted by atomic mass is 10.2. The highest BCUT2D eigenvalue weighted by Crippen LogP contribution is 2.28. The molecule has 1 amide bonds. The number of amides is 1. The van der Waals surface area contributed by atoms with E-state index in [0.717, 1.165) is 17.7 Å². The highest BCUT2D eigenvalue weighted by molar-refractivity contribution is 7.99. The van der Waals surface area contributed by atoms with Crippen molar-refractivity contribution < 1.29 is 9.53 Å². The summed E-state index contributed by atoms with van der Waals surface area (Å²) in [6.45, 7) is 8.01. The molecule has 0 aliphatic rings. The van der Waals surface area contributed by atoms with Crippen LogP contribution in [0.2, 0.25) is 0 Å². The van der Waals surface area contributed by atoms with Crippen molar-refractivity contribution in [3.63, 3.8) is 0 Å². The quantitative estimate of drug-likeness (QED) is 0.544. The molecule has 0 spiro atoms. The van der Waals surface area contributed by atoms with Crippen molar-refractivity contribution in [1.82, 2.24) is 5.32 Å². The van der Waals surface area contributed by atoms with Gasteiger partial charge in [-0.15, -0.1) is 11.8 Å². The van der Waals surface area contributed by atoms with Crippen LogP contribution in [0.1, 0.15) is 25.8 Å². The number of anilines is 1. The van der Waals surface area contributed by atoms with E-state index in [1.165, 1.54) is 4.90 Å². The lowest BCUT2D eigenvalue weighted by Crippen LogP contribution is -2.30. The molecule has 0 saturated heterocycles. The van der Waals surface area contributed by atoms with E-state index in [-0.39, 0.29) is 5.91 Å². The van der Waals surface area contributed by atoms with Crippen LogP contribution in [0.4, 0.5) is 5.69 Å². The van der Waals surface area contributed by atoms with E-state index in [9.17, 15) is 4.79 Å². The first-order valence-electron chi connectivity index (χ1n) is 7.33. The second-order valence-electron chi connectivity index (χ2n) is 5.03. The first-order chi connectivity index (χ1) is 10.1. The monoisotopic (exact) mass is 310 g/mol. The van der Waals surface area contributed by atoms with Crippen LogP contribution in [0, 0.1) is 6.92 Å². The Morgan fingerprint density at radius 3 is 2.81 bits per heavy atom. The molecule has 1 aromatic rings. The molecule has 0 aromatic heterocycles. The number of thioether (sulfide) groups is 1. The van der Waals surface area contributed by atoms with Crippen molar-refractivity contribution in [2.24, 2.45) is 0 Å². The fourth-order valence-electron chi connectivity index (χ4n) is 1.74. The molecule has 2 N–H and O–H groups in total. The van der Waals surface area contributed by atoms with Gasteiger partial charge in [-0.2, -0.15) is 0 Å². The molecule has 1 aromatic carbocycles. The number of hydrogen-bond donors (Lipinski definition) is 2. The molecule has 4 nitrogen and oxygen atoms in total. The number of hydrogen-bond acceptors (Lipinski definition) is 4. The Kier molecular flexibility index (Phi) is 8.42. The average molecular weight is 310 g/mol. The summed E-state index contributed by atoms with van der Waals surface area (Å²) in [6.07, 6.45) is 1.15. The van der Waals surface area contributed by atoms with E-state index in [4.69, 9.17) is 4.74 Å². The molecule has 0 fully saturated rings. The Bertz CT molecular complexity index is 452. The van der Waals surface area contributed by atoms with E-state index in [1.54, 1.807) is 7.11 Å². The van der Waals surface area contributed by atoms with Crippen molar-refractivity contribution in [3.8, 4) is 0 Å². The van der Waals surface area contributed by atoms with Gasteiger partial charge in [0.2, 0.25) is 5.91 Å². The van der Waals surface area contributed by atoms with E-state index >= 15 is 0 Å². The van der Waals surface area contributed by atoms with Gasteiger partial charge < -0.3 is 15.4 Å². The van der Waals surface area contributed by atoms with Crippen molar-refractivity contribution in [3.05, 3.63) is 23.8 Å². The SMILES string of the molecule is CCC(C)Sc1ccc(NC(=O)CNCCOC)c(C)c1. The van der Waals surface area contributed by atoms with Crippen LogP contribution >= 0.6 is 11.8 Å². The molecule has 0 saturated carbocycles. The molecule has 21 heavy (non-hydrogen) atoms. The third-order valence-electron chi connectivity index (χ3n) is 3.15. The van der Waals surface area contributed by atoms with Gasteiger partial charge in [0.1, 0.15) is 0 Å². The zero-order valence-corrected chi connectivity index (χ0v) is 14.2. The van der Waals surface area contributed by atoms with Crippen LogP contribution in [-0.2, 0) is 9.53 Å². The Labute approximate surface area is 132 Å². The van der Waals surface area contributed by atoms with Crippen molar-refractivity contribution in [1.29, 1.82) is 0 Å². The van der Waals surface area contributed by atoms with Crippen LogP contribution in [0.5, 0.6) is 0 Å². The van der Waals surface area contributed by atoms with Crippen molar-refractivity contribution in [2.75, 3.05) is 32.1 Å². The molecule has 0 aliphatic heterocycles. The molecule has 1 unspecified atom stereocenters. The first-order valence-corrected chi connectivity index (χ1v) is 8.21. The standard InChI is InChI=1S/C16H26N2O2S/c1-5-13(3)21-14-6-7-15(12(2)10-14)18-16(19)11-17-8-9-20-4/h6-7,10,13,17H,5,8-9,11H2,1-4H3,(H,18,19). The molecule has 0 aliphatic carbocycles. The smallest absolute Gasteiger partial charge is 0.238 e. The van der Waals surface area contributed by atoms with Crippen molar-refractivity contribution >= 4 is 23.4 Å². The predicted molar refractivity (Wildman–Crippen MR) is 90.2 cm³/mol. The number of benzene rings is 1. The summed E-state index contributed by atoms with van der Waals surface area (Å²) in [6, 6.07) is 6.18. The Hall–Kier alpha value is -1.04. The van der Waals surface area contributed by atoms with Gasteiger partial charge in [-0.1, -0.05) is 13.8 Å². The number of rotatable bonds is 9. The zero-order valence-electron chi connectivity index (χ0n) is 13.4. The average Bonchev–Trinajstić information content (AvgIpc) is 2.46. The van der Waals surface area contributed by atoms with Gasteiger partial charge in [0.05, 0.1) is 13.2 Å². The van der Waals surface area contributed by atoms with Gasteiger partial charge in [-0.25, -0.2) is 0 Å². The fraction of sp³-hybridized carbons (Fsp3) is 0.562. The second-order valence-corrected chi connectivity index (χ2v) is 6.54. The zero-order chi connectivity index (χ0) is 15.7. The van der Waals surface area contributed by atoms with Gasteiger partial charge in [0, 0.05) is 29.5 Å². The number of ether oxygens (including phenoxy) is 1. The maximum absolute atomic E-state index is 11.8. The minimum Gasteiger partial charge on any atom is -0.383 e. The van der Waals surface area contributed by atoms with E-state index in [1.807, 2.05) is 24.8 Å². The van der Waals surface area contributed by atoms with E-state index in [2.05, 4.69) is 36.6 Å². The summed E-state index contributed by atoms with van der Waals surface area (Å²) in [5.41, 5.74) is 1.97. The van der Waals surface area contributed by atoms with Gasteiger partial charge in [-0.3, -0.25) is 4.79 Å². The molecule has 5 heteroatoms. The van der Waals surface area contributed by atoms with Gasteiger partial charge in [-0.05, 0) is 37.1 Å². The highest BCUT2D eigenvalue weighted by atomic mass is 32.2. The summed E-state index contributed by atoms with van der Waals surface area (Å²) in [4.78, 5) is 13.1. The van der Waals surface area contributed by atoms with Crippen LogP contribution in [0.25, 0.3) is 0 Å². The maximum atomic E-state index is 11.8. The molecule has 1 rings (SSSR count). The Balaban J connectivity index is 2.50. The van der Waals surface area contributed by atoms with Crippen LogP contribution in [0.3, 0.4) is 0 Å². The molecule has 1 atom stereocenters. The summed E-state index contributed by atoms with van der Waals surface area (Å²) < 4.78 is 4.92. The summed E-state index contributed by atoms with van der Waals surface area (Å²) in [5, 5.41) is 6.57. The maximum Gasteiger partial charge on any atom is 0.238 e. The Morgan fingerprint density at radius 2 is 2.19 bits per heavy atom. The van der Waals surface area contributed by atoms with E-state index < -0.39 is 0 Å². The normalized spacial score (nSPS) is 12.2. The summed E-state index contributed by atoms with van der Waals surface area (Å²) >= 11 is 1.87. The molecule has 0 bridgehead atoms. The molecular weight excluding hydrogens is 284 g/mol. The molecular formula is C16H26N2O2S. The summed E-state index contributed by atoms with van der Waals surface area (Å²) in [5.74, 6) is -0.0310. The van der Waals surface area contributed by atoms with Gasteiger partial charge in [0.15, 0.2) is 0 Å². The van der Waals surface area contributed by atoms with Crippen molar-refractivity contribution in [2.45, 2.75) is 37.3 Å². The third kappa shape index (κ3) is 6.98. The molecule has 118 valence electrons. The molecule has 0 heterocycles. The van der Waals surface area contributed by atoms with Crippen LogP contribution in [-0.4, -0.2) is 38.0 Å². The topological polar surface area (TPSA) is 50.4 Å². The van der Waals surface area contributed by atoms with Crippen LogP contribution < -0.4 is 10.6 Å². The third-order valence-corrected chi connectivity index (χ3v) is 4.41. The minimum atomic E-state index is -0.0310. The summed E-state index contributed by atoms with van der Waals surface area (Å²) in [7, 11) is 1.64. The number of carbonyl (C=O) groups excluding carboxylic acids is 1. The number of carbonyl (C=O) groups is 1. The minimum absolute atomic E-state index is 0.0310. The van der Waals surface area contributed by atoms with Crippen LogP contribution in [0.15, 0.2) is 23.1 Å². The first kappa shape index (κ1) is 18.0. The predicted octanol–water partition coefficient (Wildman–Crippen LogP) is 3.06. The number of aryl methyl sites for hydroxylation is 1. The molecule has 0 radical (unpaired) electrons. The lowest BCUT2D eigenvalue weighted by molar-refractivity contribution is -0.115. The van der Waals surface area contributed by atoms with Gasteiger partial charge in [0.25, 0.3) is 0 Å². The second kappa shape index (κ2) is 9.82. The number of methoxy groups -OCH3 is 1. The fourth-order valence-corrected chi connectivity index (χ4v) is 2.76. The largest absolute Gasteiger partial charge is 0.383 e. The van der Waals surface area contributed by atoms with Gasteiger partial charge >= 0.3 is 0 Å². The van der Waals surface area contributed by atoms with E-state index in [0.29, 0.717) is 24.9 Å². The lowest BCUT2D eigenvalue weighted by Gasteiger charge is -2.12. The Morgan fingerprint density at radius 1 is 1.43 bits per heavy atom.